The van der Waals surface area contributed by atoms with Crippen LogP contribution in [-0.2, 0) is 0 Å². The van der Waals surface area contributed by atoms with Crippen molar-refractivity contribution in [3.63, 3.8) is 0 Å². The van der Waals surface area contributed by atoms with E-state index in [1.807, 2.05) is 25.1 Å². The highest BCUT2D eigenvalue weighted by molar-refractivity contribution is 6.44. The molecule has 0 saturated heterocycles. The van der Waals surface area contributed by atoms with Crippen molar-refractivity contribution in [2.24, 2.45) is 0 Å². The van der Waals surface area contributed by atoms with Crippen molar-refractivity contribution in [2.45, 2.75) is 11.8 Å². The highest BCUT2D eigenvalue weighted by Gasteiger charge is 2.06. The molecule has 0 amide bonds. The van der Waals surface area contributed by atoms with Crippen LogP contribution < -0.4 is 4.74 Å². The third kappa shape index (κ3) is 2.05. The first-order valence-corrected chi connectivity index (χ1v) is 4.45. The molecule has 1 aromatic carbocycles. The monoisotopic (exact) mass is 204 g/mol. The van der Waals surface area contributed by atoms with Crippen molar-refractivity contribution < 1.29 is 4.74 Å². The predicted molar refractivity (Wildman–Crippen MR) is 52.2 cm³/mol. The summed E-state index contributed by atoms with van der Waals surface area (Å²) in [6, 6.07) is 5.63. The zero-order valence-electron chi connectivity index (χ0n) is 6.97. The van der Waals surface area contributed by atoms with E-state index in [1.54, 1.807) is 7.11 Å². The van der Waals surface area contributed by atoms with Crippen LogP contribution in [0.25, 0.3) is 0 Å². The Balaban J connectivity index is 3.03. The number of aryl methyl sites for hydroxylation is 1. The van der Waals surface area contributed by atoms with Crippen molar-refractivity contribution in [3.05, 3.63) is 29.3 Å². The van der Waals surface area contributed by atoms with Gasteiger partial charge in [0, 0.05) is 0 Å². The van der Waals surface area contributed by atoms with Gasteiger partial charge in [0.2, 0.25) is 0 Å². The second kappa shape index (κ2) is 4.01. The number of methoxy groups -OCH3 is 1. The van der Waals surface area contributed by atoms with Gasteiger partial charge >= 0.3 is 0 Å². The van der Waals surface area contributed by atoms with Crippen LogP contribution in [0.5, 0.6) is 5.75 Å². The molecule has 12 heavy (non-hydrogen) atoms. The summed E-state index contributed by atoms with van der Waals surface area (Å²) in [7, 11) is 1.63. The summed E-state index contributed by atoms with van der Waals surface area (Å²) in [5, 5.41) is 0. The molecule has 0 N–H and O–H groups in total. The number of ether oxygens (including phenoxy) is 1. The fourth-order valence-electron chi connectivity index (χ4n) is 1.02. The summed E-state index contributed by atoms with van der Waals surface area (Å²) < 4.78 is 5.04. The molecule has 0 radical (unpaired) electrons. The molecule has 0 aliphatic rings. The minimum absolute atomic E-state index is 0.462. The molecule has 1 nitrogen and oxygen atoms in total. The lowest BCUT2D eigenvalue weighted by Gasteiger charge is -2.07. The van der Waals surface area contributed by atoms with Gasteiger partial charge in [-0.1, -0.05) is 6.07 Å². The van der Waals surface area contributed by atoms with Crippen molar-refractivity contribution >= 4 is 23.2 Å². The van der Waals surface area contributed by atoms with Crippen molar-refractivity contribution in [1.82, 2.24) is 0 Å². The lowest BCUT2D eigenvalue weighted by molar-refractivity contribution is 0.414. The number of benzene rings is 1. The fourth-order valence-corrected chi connectivity index (χ4v) is 1.51. The van der Waals surface area contributed by atoms with E-state index in [0.29, 0.717) is 0 Å². The Kier molecular flexibility index (Phi) is 3.24. The Hall–Kier alpha value is -0.400. The Morgan fingerprint density at radius 2 is 2.00 bits per heavy atom. The molecule has 0 spiro atoms. The molecular weight excluding hydrogens is 195 g/mol. The minimum atomic E-state index is -0.462. The van der Waals surface area contributed by atoms with Gasteiger partial charge in [0.05, 0.1) is 7.11 Å². The number of rotatable bonds is 2. The summed E-state index contributed by atoms with van der Waals surface area (Å²) in [5.74, 6) is 0.824. The first kappa shape index (κ1) is 9.69. The third-order valence-electron chi connectivity index (χ3n) is 1.71. The smallest absolute Gasteiger partial charge is 0.133 e. The summed E-state index contributed by atoms with van der Waals surface area (Å²) in [6.07, 6.45) is 0. The van der Waals surface area contributed by atoms with Gasteiger partial charge in [-0.05, 0) is 30.2 Å². The zero-order valence-corrected chi connectivity index (χ0v) is 8.49. The van der Waals surface area contributed by atoms with Crippen LogP contribution in [0.15, 0.2) is 18.2 Å². The number of alkyl halides is 2. The Labute approximate surface area is 82.2 Å². The molecule has 1 rings (SSSR count). The van der Waals surface area contributed by atoms with E-state index >= 15 is 0 Å². The third-order valence-corrected chi connectivity index (χ3v) is 2.18. The number of hydrogen-bond acceptors (Lipinski definition) is 1. The van der Waals surface area contributed by atoms with Crippen LogP contribution in [-0.4, -0.2) is 7.11 Å². The van der Waals surface area contributed by atoms with Gasteiger partial charge in [-0.2, -0.15) is 0 Å². The normalized spacial score (nSPS) is 10.4. The van der Waals surface area contributed by atoms with Gasteiger partial charge in [-0.15, -0.1) is 23.2 Å². The Bertz CT molecular complexity index is 271. The molecule has 0 heterocycles. The van der Waals surface area contributed by atoms with E-state index in [0.717, 1.165) is 16.9 Å². The molecule has 0 aromatic heterocycles. The SMILES string of the molecule is COc1ccc(C(Cl)Cl)c(C)c1. The molecule has 0 fully saturated rings. The molecular formula is C9H10Cl2O. The van der Waals surface area contributed by atoms with Crippen LogP contribution in [0.4, 0.5) is 0 Å². The van der Waals surface area contributed by atoms with Crippen LogP contribution in [0, 0.1) is 6.92 Å². The molecule has 0 aliphatic heterocycles. The Morgan fingerprint density at radius 3 is 2.42 bits per heavy atom. The maximum Gasteiger partial charge on any atom is 0.133 e. The molecule has 0 saturated carbocycles. The lowest BCUT2D eigenvalue weighted by atomic mass is 10.1. The largest absolute Gasteiger partial charge is 0.497 e. The van der Waals surface area contributed by atoms with E-state index < -0.39 is 4.84 Å². The van der Waals surface area contributed by atoms with E-state index in [4.69, 9.17) is 27.9 Å². The molecule has 1 aromatic rings. The lowest BCUT2D eigenvalue weighted by Crippen LogP contribution is -1.89. The minimum Gasteiger partial charge on any atom is -0.497 e. The fraction of sp³-hybridized carbons (Fsp3) is 0.333. The van der Waals surface area contributed by atoms with Crippen LogP contribution in [0.1, 0.15) is 16.0 Å². The number of halogens is 2. The molecule has 0 unspecified atom stereocenters. The van der Waals surface area contributed by atoms with E-state index in [-0.39, 0.29) is 0 Å². The average molecular weight is 205 g/mol. The highest BCUT2D eigenvalue weighted by Crippen LogP contribution is 2.29. The first-order valence-electron chi connectivity index (χ1n) is 3.58. The zero-order chi connectivity index (χ0) is 9.14. The molecule has 0 bridgehead atoms. The summed E-state index contributed by atoms with van der Waals surface area (Å²) >= 11 is 11.5. The van der Waals surface area contributed by atoms with Crippen LogP contribution in [0.3, 0.4) is 0 Å². The molecule has 0 atom stereocenters. The quantitative estimate of drug-likeness (QED) is 0.671. The standard InChI is InChI=1S/C9H10Cl2O/c1-6-5-7(12-2)3-4-8(6)9(10)11/h3-5,9H,1-2H3. The van der Waals surface area contributed by atoms with Gasteiger partial charge in [0.15, 0.2) is 0 Å². The summed E-state index contributed by atoms with van der Waals surface area (Å²) in [6.45, 7) is 1.95. The molecule has 66 valence electrons. The molecule has 3 heteroatoms. The van der Waals surface area contributed by atoms with E-state index in [9.17, 15) is 0 Å². The van der Waals surface area contributed by atoms with Crippen LogP contribution >= 0.6 is 23.2 Å². The molecule has 0 aliphatic carbocycles. The van der Waals surface area contributed by atoms with Crippen molar-refractivity contribution in [2.75, 3.05) is 7.11 Å². The maximum atomic E-state index is 5.73. The van der Waals surface area contributed by atoms with E-state index in [2.05, 4.69) is 0 Å². The van der Waals surface area contributed by atoms with Crippen LogP contribution in [0.2, 0.25) is 0 Å². The van der Waals surface area contributed by atoms with Gasteiger partial charge in [-0.25, -0.2) is 0 Å². The number of hydrogen-bond donors (Lipinski definition) is 0. The van der Waals surface area contributed by atoms with Crippen molar-refractivity contribution in [3.8, 4) is 5.75 Å². The summed E-state index contributed by atoms with van der Waals surface area (Å²) in [4.78, 5) is -0.462. The summed E-state index contributed by atoms with van der Waals surface area (Å²) in [5.41, 5.74) is 1.98. The van der Waals surface area contributed by atoms with Crippen molar-refractivity contribution in [1.29, 1.82) is 0 Å². The van der Waals surface area contributed by atoms with E-state index in [1.165, 1.54) is 0 Å². The Morgan fingerprint density at radius 1 is 1.33 bits per heavy atom. The topological polar surface area (TPSA) is 9.23 Å². The maximum absolute atomic E-state index is 5.73. The second-order valence-corrected chi connectivity index (χ2v) is 3.62. The predicted octanol–water partition coefficient (Wildman–Crippen LogP) is 3.48. The van der Waals surface area contributed by atoms with Gasteiger partial charge in [0.1, 0.15) is 10.6 Å². The van der Waals surface area contributed by atoms with Gasteiger partial charge in [-0.3, -0.25) is 0 Å². The average Bonchev–Trinajstić information content (AvgIpc) is 2.03. The van der Waals surface area contributed by atoms with Gasteiger partial charge < -0.3 is 4.74 Å². The second-order valence-electron chi connectivity index (χ2n) is 2.52. The van der Waals surface area contributed by atoms with Gasteiger partial charge in [0.25, 0.3) is 0 Å². The first-order chi connectivity index (χ1) is 5.65. The highest BCUT2D eigenvalue weighted by atomic mass is 35.5.